The Labute approximate surface area is 163 Å². The molecule has 0 fully saturated rings. The molecule has 0 aliphatic carbocycles. The first-order valence-corrected chi connectivity index (χ1v) is 8.68. The van der Waals surface area contributed by atoms with Crippen LogP contribution in [0.4, 0.5) is 0 Å². The summed E-state index contributed by atoms with van der Waals surface area (Å²) >= 11 is 0. The van der Waals surface area contributed by atoms with Crippen molar-refractivity contribution in [2.75, 3.05) is 13.7 Å². The molecule has 28 heavy (non-hydrogen) atoms. The fourth-order valence-corrected chi connectivity index (χ4v) is 2.34. The monoisotopic (exact) mass is 385 g/mol. The number of hydrogen-bond donors (Lipinski definition) is 3. The largest absolute Gasteiger partial charge is 0.504 e. The van der Waals surface area contributed by atoms with E-state index in [2.05, 4.69) is 15.8 Å². The van der Waals surface area contributed by atoms with E-state index in [-0.39, 0.29) is 11.8 Å². The van der Waals surface area contributed by atoms with Crippen molar-refractivity contribution in [1.29, 1.82) is 0 Å². The van der Waals surface area contributed by atoms with Gasteiger partial charge in [0.2, 0.25) is 0 Å². The zero-order valence-electron chi connectivity index (χ0n) is 15.9. The van der Waals surface area contributed by atoms with Crippen LogP contribution in [0.3, 0.4) is 0 Å². The minimum absolute atomic E-state index is 0.00920. The first-order valence-electron chi connectivity index (χ1n) is 8.68. The van der Waals surface area contributed by atoms with Gasteiger partial charge >= 0.3 is 11.8 Å². The number of amides is 2. The summed E-state index contributed by atoms with van der Waals surface area (Å²) in [6.45, 7) is 3.96. The molecule has 0 spiro atoms. The Morgan fingerprint density at radius 2 is 1.89 bits per heavy atom. The van der Waals surface area contributed by atoms with Crippen LogP contribution in [0, 0.1) is 0 Å². The molecule has 0 unspecified atom stereocenters. The highest BCUT2D eigenvalue weighted by Crippen LogP contribution is 2.26. The normalized spacial score (nSPS) is 11.7. The van der Waals surface area contributed by atoms with Crippen LogP contribution in [-0.2, 0) is 9.59 Å². The van der Waals surface area contributed by atoms with Gasteiger partial charge in [-0.05, 0) is 55.3 Å². The van der Waals surface area contributed by atoms with Crippen molar-refractivity contribution in [2.24, 2.45) is 5.10 Å². The summed E-state index contributed by atoms with van der Waals surface area (Å²) < 4.78 is 10.4. The van der Waals surface area contributed by atoms with Crippen LogP contribution >= 0.6 is 0 Å². The third kappa shape index (κ3) is 5.73. The van der Waals surface area contributed by atoms with E-state index in [1.54, 1.807) is 57.4 Å². The van der Waals surface area contributed by atoms with Gasteiger partial charge in [-0.1, -0.05) is 12.1 Å². The third-order valence-electron chi connectivity index (χ3n) is 3.83. The number of hydrogen-bond acceptors (Lipinski definition) is 6. The Bertz CT molecular complexity index is 849. The van der Waals surface area contributed by atoms with E-state index in [1.165, 1.54) is 12.3 Å². The molecule has 0 saturated heterocycles. The molecule has 1 atom stereocenters. The van der Waals surface area contributed by atoms with E-state index >= 15 is 0 Å². The van der Waals surface area contributed by atoms with Gasteiger partial charge in [0.15, 0.2) is 11.5 Å². The maximum atomic E-state index is 12.0. The predicted molar refractivity (Wildman–Crippen MR) is 105 cm³/mol. The highest BCUT2D eigenvalue weighted by atomic mass is 16.5. The van der Waals surface area contributed by atoms with E-state index in [0.717, 1.165) is 5.56 Å². The number of phenols is 1. The third-order valence-corrected chi connectivity index (χ3v) is 3.83. The van der Waals surface area contributed by atoms with Gasteiger partial charge in [-0.25, -0.2) is 5.43 Å². The first-order chi connectivity index (χ1) is 13.4. The molecule has 3 N–H and O–H groups in total. The number of carbonyl (C=O) groups excluding carboxylic acids is 2. The molecule has 0 radical (unpaired) electrons. The van der Waals surface area contributed by atoms with Crippen molar-refractivity contribution in [3.05, 3.63) is 53.6 Å². The number of rotatable bonds is 7. The van der Waals surface area contributed by atoms with Gasteiger partial charge in [0.1, 0.15) is 5.75 Å². The smallest absolute Gasteiger partial charge is 0.329 e. The van der Waals surface area contributed by atoms with E-state index < -0.39 is 11.8 Å². The standard InChI is InChI=1S/C20H23N3O5/c1-4-28-18-11-14(5-10-17(18)24)12-21-23-20(26)19(25)22-13(2)15-6-8-16(27-3)9-7-15/h5-13,24H,4H2,1-3H3,(H,22,25)(H,23,26)/b21-12-/t13-/m1/s1. The fraction of sp³-hybridized carbons (Fsp3) is 0.250. The van der Waals surface area contributed by atoms with Gasteiger partial charge in [0, 0.05) is 0 Å². The number of aromatic hydroxyl groups is 1. The molecule has 0 heterocycles. The van der Waals surface area contributed by atoms with Crippen molar-refractivity contribution >= 4 is 18.0 Å². The molecule has 0 aliphatic heterocycles. The number of methoxy groups -OCH3 is 1. The lowest BCUT2D eigenvalue weighted by Crippen LogP contribution is -2.39. The lowest BCUT2D eigenvalue weighted by molar-refractivity contribution is -0.139. The van der Waals surface area contributed by atoms with E-state index in [1.807, 2.05) is 0 Å². The highest BCUT2D eigenvalue weighted by molar-refractivity contribution is 6.35. The van der Waals surface area contributed by atoms with Gasteiger partial charge in [0.05, 0.1) is 26.0 Å². The Morgan fingerprint density at radius 1 is 1.18 bits per heavy atom. The summed E-state index contributed by atoms with van der Waals surface area (Å²) in [7, 11) is 1.57. The minimum atomic E-state index is -0.888. The number of nitrogens with zero attached hydrogens (tertiary/aromatic N) is 1. The maximum Gasteiger partial charge on any atom is 0.329 e. The van der Waals surface area contributed by atoms with Crippen molar-refractivity contribution in [3.8, 4) is 17.2 Å². The first kappa shape index (κ1) is 20.8. The van der Waals surface area contributed by atoms with Gasteiger partial charge in [0.25, 0.3) is 0 Å². The van der Waals surface area contributed by atoms with Crippen LogP contribution in [0.15, 0.2) is 47.6 Å². The Kier molecular flexibility index (Phi) is 7.38. The fourth-order valence-electron chi connectivity index (χ4n) is 2.34. The number of carbonyl (C=O) groups is 2. The van der Waals surface area contributed by atoms with Crippen LogP contribution in [-0.4, -0.2) is 36.9 Å². The number of nitrogens with one attached hydrogen (secondary N) is 2. The number of hydrazone groups is 1. The molecule has 8 nitrogen and oxygen atoms in total. The lowest BCUT2D eigenvalue weighted by atomic mass is 10.1. The Balaban J connectivity index is 1.90. The van der Waals surface area contributed by atoms with Gasteiger partial charge in [-0.2, -0.15) is 5.10 Å². The molecule has 2 aromatic rings. The molecule has 0 saturated carbocycles. The second kappa shape index (κ2) is 9.96. The van der Waals surface area contributed by atoms with Crippen LogP contribution < -0.4 is 20.2 Å². The summed E-state index contributed by atoms with van der Waals surface area (Å²) in [5, 5.41) is 16.0. The van der Waals surface area contributed by atoms with Gasteiger partial charge < -0.3 is 19.9 Å². The van der Waals surface area contributed by atoms with E-state index in [4.69, 9.17) is 9.47 Å². The quantitative estimate of drug-likeness (QED) is 0.384. The second-order valence-corrected chi connectivity index (χ2v) is 5.83. The highest BCUT2D eigenvalue weighted by Gasteiger charge is 2.16. The number of benzene rings is 2. The molecule has 2 aromatic carbocycles. The van der Waals surface area contributed by atoms with Crippen LogP contribution in [0.2, 0.25) is 0 Å². The lowest BCUT2D eigenvalue weighted by Gasteiger charge is -2.13. The van der Waals surface area contributed by atoms with Crippen LogP contribution in [0.1, 0.15) is 31.0 Å². The van der Waals surface area contributed by atoms with Crippen LogP contribution in [0.25, 0.3) is 0 Å². The van der Waals surface area contributed by atoms with Crippen molar-refractivity contribution < 1.29 is 24.2 Å². The maximum absolute atomic E-state index is 12.0. The molecule has 0 bridgehead atoms. The summed E-state index contributed by atoms with van der Waals surface area (Å²) in [6, 6.07) is 11.4. The minimum Gasteiger partial charge on any atom is -0.504 e. The number of ether oxygens (including phenoxy) is 2. The van der Waals surface area contributed by atoms with Crippen molar-refractivity contribution in [2.45, 2.75) is 19.9 Å². The molecular weight excluding hydrogens is 362 g/mol. The SMILES string of the molecule is CCOc1cc(/C=N\NC(=O)C(=O)N[C@H](C)c2ccc(OC)cc2)ccc1O. The molecule has 2 rings (SSSR count). The Hall–Kier alpha value is -3.55. The summed E-state index contributed by atoms with van der Waals surface area (Å²) in [4.78, 5) is 23.9. The number of phenolic OH excluding ortho intramolecular Hbond substituents is 1. The molecule has 0 aliphatic rings. The zero-order chi connectivity index (χ0) is 20.5. The Morgan fingerprint density at radius 3 is 2.54 bits per heavy atom. The molecular formula is C20H23N3O5. The summed E-state index contributed by atoms with van der Waals surface area (Å²) in [6.07, 6.45) is 1.35. The van der Waals surface area contributed by atoms with Crippen molar-refractivity contribution in [3.63, 3.8) is 0 Å². The average Bonchev–Trinajstić information content (AvgIpc) is 2.70. The van der Waals surface area contributed by atoms with Crippen molar-refractivity contribution in [1.82, 2.24) is 10.7 Å². The second-order valence-electron chi connectivity index (χ2n) is 5.83. The van der Waals surface area contributed by atoms with Crippen LogP contribution in [0.5, 0.6) is 17.2 Å². The van der Waals surface area contributed by atoms with E-state index in [0.29, 0.717) is 23.7 Å². The topological polar surface area (TPSA) is 109 Å². The zero-order valence-corrected chi connectivity index (χ0v) is 15.9. The molecule has 8 heteroatoms. The molecule has 0 aromatic heterocycles. The van der Waals surface area contributed by atoms with E-state index in [9.17, 15) is 14.7 Å². The predicted octanol–water partition coefficient (Wildman–Crippen LogP) is 2.13. The molecule has 2 amide bonds. The molecule has 148 valence electrons. The van der Waals surface area contributed by atoms with Gasteiger partial charge in [-0.15, -0.1) is 0 Å². The summed E-state index contributed by atoms with van der Waals surface area (Å²) in [5.41, 5.74) is 3.59. The van der Waals surface area contributed by atoms with Gasteiger partial charge in [-0.3, -0.25) is 9.59 Å². The average molecular weight is 385 g/mol. The summed E-state index contributed by atoms with van der Waals surface area (Å²) in [5.74, 6) is -0.670.